The summed E-state index contributed by atoms with van der Waals surface area (Å²) in [7, 11) is 1.99. The van der Waals surface area contributed by atoms with Gasteiger partial charge in [-0.2, -0.15) is 4.98 Å². The highest BCUT2D eigenvalue weighted by molar-refractivity contribution is 5.94. The Morgan fingerprint density at radius 3 is 2.44 bits per heavy atom. The van der Waals surface area contributed by atoms with Gasteiger partial charge >= 0.3 is 0 Å². The summed E-state index contributed by atoms with van der Waals surface area (Å²) in [6, 6.07) is 13.3. The topological polar surface area (TPSA) is 71.0 Å². The molecular formula is C21H23N5O. The first-order valence-electron chi connectivity index (χ1n) is 8.85. The minimum Gasteiger partial charge on any atom is -0.343 e. The number of aryl methyl sites for hydroxylation is 1. The molecule has 0 saturated heterocycles. The number of benzene rings is 1. The molecule has 3 aromatic rings. The van der Waals surface area contributed by atoms with Gasteiger partial charge in [-0.3, -0.25) is 9.78 Å². The first kappa shape index (κ1) is 18.5. The van der Waals surface area contributed by atoms with Crippen molar-refractivity contribution in [3.8, 4) is 0 Å². The lowest BCUT2D eigenvalue weighted by Crippen LogP contribution is -2.23. The average Bonchev–Trinajstić information content (AvgIpc) is 2.67. The summed E-state index contributed by atoms with van der Waals surface area (Å²) in [5.41, 5.74) is 3.69. The maximum Gasteiger partial charge on any atom is 0.227 e. The predicted octanol–water partition coefficient (Wildman–Crippen LogP) is 3.81. The summed E-state index contributed by atoms with van der Waals surface area (Å²) in [4.78, 5) is 26.6. The van der Waals surface area contributed by atoms with Crippen LogP contribution in [0.15, 0.2) is 54.9 Å². The SMILES string of the molecule is CC(=O)c1ccc(Nc2cc(C)nc(N(C)CCc3ccncc3)n2)cc1. The van der Waals surface area contributed by atoms with Crippen molar-refractivity contribution in [3.63, 3.8) is 0 Å². The first-order chi connectivity index (χ1) is 13.0. The molecule has 0 aliphatic heterocycles. The number of hydrogen-bond donors (Lipinski definition) is 1. The van der Waals surface area contributed by atoms with Gasteiger partial charge in [0, 0.05) is 49.0 Å². The number of rotatable bonds is 7. The Morgan fingerprint density at radius 1 is 1.07 bits per heavy atom. The van der Waals surface area contributed by atoms with Gasteiger partial charge in [0.1, 0.15) is 5.82 Å². The third kappa shape index (κ3) is 5.10. The summed E-state index contributed by atoms with van der Waals surface area (Å²) < 4.78 is 0. The number of carbonyl (C=O) groups excluding carboxylic acids is 1. The van der Waals surface area contributed by atoms with Crippen molar-refractivity contribution in [2.24, 2.45) is 0 Å². The monoisotopic (exact) mass is 361 g/mol. The van der Waals surface area contributed by atoms with Gasteiger partial charge in [-0.25, -0.2) is 4.98 Å². The summed E-state index contributed by atoms with van der Waals surface area (Å²) >= 11 is 0. The van der Waals surface area contributed by atoms with Gasteiger partial charge in [0.05, 0.1) is 0 Å². The Morgan fingerprint density at radius 2 is 1.78 bits per heavy atom. The smallest absolute Gasteiger partial charge is 0.227 e. The largest absolute Gasteiger partial charge is 0.343 e. The van der Waals surface area contributed by atoms with Crippen LogP contribution in [-0.2, 0) is 6.42 Å². The molecule has 0 radical (unpaired) electrons. The molecule has 27 heavy (non-hydrogen) atoms. The molecule has 0 bridgehead atoms. The summed E-state index contributed by atoms with van der Waals surface area (Å²) in [5.74, 6) is 1.45. The highest BCUT2D eigenvalue weighted by Gasteiger charge is 2.08. The number of ketones is 1. The highest BCUT2D eigenvalue weighted by Crippen LogP contribution is 2.19. The van der Waals surface area contributed by atoms with Gasteiger partial charge in [0.15, 0.2) is 5.78 Å². The van der Waals surface area contributed by atoms with E-state index >= 15 is 0 Å². The number of hydrogen-bond acceptors (Lipinski definition) is 6. The number of pyridine rings is 1. The van der Waals surface area contributed by atoms with E-state index in [0.29, 0.717) is 11.5 Å². The van der Waals surface area contributed by atoms with Crippen LogP contribution in [0.1, 0.15) is 28.5 Å². The molecule has 138 valence electrons. The maximum atomic E-state index is 11.4. The minimum absolute atomic E-state index is 0.0533. The second-order valence-corrected chi connectivity index (χ2v) is 6.48. The van der Waals surface area contributed by atoms with Gasteiger partial charge < -0.3 is 10.2 Å². The normalized spacial score (nSPS) is 10.5. The lowest BCUT2D eigenvalue weighted by atomic mass is 10.1. The molecule has 3 rings (SSSR count). The zero-order valence-electron chi connectivity index (χ0n) is 15.8. The number of likely N-dealkylation sites (N-methyl/N-ethyl adjacent to an activating group) is 1. The van der Waals surface area contributed by atoms with E-state index in [9.17, 15) is 4.79 Å². The van der Waals surface area contributed by atoms with Crippen molar-refractivity contribution in [2.75, 3.05) is 23.8 Å². The average molecular weight is 361 g/mol. The van der Waals surface area contributed by atoms with Crippen molar-refractivity contribution in [1.82, 2.24) is 15.0 Å². The quantitative estimate of drug-likeness (QED) is 0.645. The van der Waals surface area contributed by atoms with E-state index in [4.69, 9.17) is 0 Å². The van der Waals surface area contributed by atoms with Crippen LogP contribution in [0.3, 0.4) is 0 Å². The number of anilines is 3. The van der Waals surface area contributed by atoms with Crippen LogP contribution in [0.4, 0.5) is 17.5 Å². The summed E-state index contributed by atoms with van der Waals surface area (Å²) in [5, 5.41) is 3.28. The Balaban J connectivity index is 1.70. The molecule has 2 aromatic heterocycles. The van der Waals surface area contributed by atoms with Crippen molar-refractivity contribution in [1.29, 1.82) is 0 Å². The lowest BCUT2D eigenvalue weighted by Gasteiger charge is -2.18. The number of carbonyl (C=O) groups is 1. The summed E-state index contributed by atoms with van der Waals surface area (Å²) in [6.07, 6.45) is 4.50. The molecule has 0 spiro atoms. The zero-order chi connectivity index (χ0) is 19.2. The van der Waals surface area contributed by atoms with E-state index in [1.54, 1.807) is 31.5 Å². The number of Topliss-reactive ketones (excluding diaryl/α,β-unsaturated/α-hetero) is 1. The maximum absolute atomic E-state index is 11.4. The number of aromatic nitrogens is 3. The lowest BCUT2D eigenvalue weighted by molar-refractivity contribution is 0.101. The molecule has 0 aliphatic carbocycles. The van der Waals surface area contributed by atoms with Crippen LogP contribution < -0.4 is 10.2 Å². The fraction of sp³-hybridized carbons (Fsp3) is 0.238. The van der Waals surface area contributed by atoms with E-state index in [1.807, 2.05) is 49.2 Å². The predicted molar refractivity (Wildman–Crippen MR) is 108 cm³/mol. The van der Waals surface area contributed by atoms with E-state index in [-0.39, 0.29) is 5.78 Å². The van der Waals surface area contributed by atoms with Crippen molar-refractivity contribution in [2.45, 2.75) is 20.3 Å². The standard InChI is InChI=1S/C21H23N5O/c1-15-14-20(24-19-6-4-18(5-7-19)16(2)27)25-21(23-15)26(3)13-10-17-8-11-22-12-9-17/h4-9,11-12,14H,10,13H2,1-3H3,(H,23,24,25). The van der Waals surface area contributed by atoms with Gasteiger partial charge in [-0.1, -0.05) is 0 Å². The second-order valence-electron chi connectivity index (χ2n) is 6.48. The van der Waals surface area contributed by atoms with Crippen molar-refractivity contribution in [3.05, 3.63) is 71.7 Å². The molecule has 0 saturated carbocycles. The van der Waals surface area contributed by atoms with Crippen LogP contribution in [0.25, 0.3) is 0 Å². The molecular weight excluding hydrogens is 338 g/mol. The number of nitrogens with one attached hydrogen (secondary N) is 1. The second kappa shape index (κ2) is 8.40. The van der Waals surface area contributed by atoms with Crippen LogP contribution in [-0.4, -0.2) is 34.3 Å². The minimum atomic E-state index is 0.0533. The van der Waals surface area contributed by atoms with Crippen LogP contribution >= 0.6 is 0 Å². The molecule has 0 aliphatic rings. The highest BCUT2D eigenvalue weighted by atomic mass is 16.1. The zero-order valence-corrected chi connectivity index (χ0v) is 15.8. The Kier molecular flexibility index (Phi) is 5.76. The molecule has 1 N–H and O–H groups in total. The van der Waals surface area contributed by atoms with Gasteiger partial charge in [-0.15, -0.1) is 0 Å². The molecule has 1 aromatic carbocycles. The van der Waals surface area contributed by atoms with E-state index in [0.717, 1.165) is 30.2 Å². The van der Waals surface area contributed by atoms with Crippen LogP contribution in [0.5, 0.6) is 0 Å². The van der Waals surface area contributed by atoms with Crippen molar-refractivity contribution >= 4 is 23.2 Å². The summed E-state index contributed by atoms with van der Waals surface area (Å²) in [6.45, 7) is 4.32. The van der Waals surface area contributed by atoms with E-state index in [1.165, 1.54) is 5.56 Å². The van der Waals surface area contributed by atoms with E-state index in [2.05, 4.69) is 20.3 Å². The molecule has 6 heteroatoms. The van der Waals surface area contributed by atoms with Gasteiger partial charge in [0.25, 0.3) is 0 Å². The van der Waals surface area contributed by atoms with E-state index < -0.39 is 0 Å². The first-order valence-corrected chi connectivity index (χ1v) is 8.85. The van der Waals surface area contributed by atoms with Gasteiger partial charge in [0.2, 0.25) is 5.95 Å². The molecule has 2 heterocycles. The molecule has 0 atom stereocenters. The third-order valence-electron chi connectivity index (χ3n) is 4.23. The Bertz CT molecular complexity index is 910. The fourth-order valence-corrected chi connectivity index (χ4v) is 2.67. The van der Waals surface area contributed by atoms with Gasteiger partial charge in [-0.05, 0) is 62.2 Å². The van der Waals surface area contributed by atoms with Crippen LogP contribution in [0.2, 0.25) is 0 Å². The molecule has 0 fully saturated rings. The Labute approximate surface area is 159 Å². The molecule has 0 unspecified atom stereocenters. The van der Waals surface area contributed by atoms with Crippen molar-refractivity contribution < 1.29 is 4.79 Å². The number of nitrogens with zero attached hydrogens (tertiary/aromatic N) is 4. The molecule has 0 amide bonds. The third-order valence-corrected chi connectivity index (χ3v) is 4.23. The Hall–Kier alpha value is -3.28. The fourth-order valence-electron chi connectivity index (χ4n) is 2.67. The molecule has 6 nitrogen and oxygen atoms in total. The van der Waals surface area contributed by atoms with Crippen LogP contribution in [0, 0.1) is 6.92 Å².